The third-order valence-corrected chi connectivity index (χ3v) is 11.4. The maximum Gasteiger partial charge on any atom is -0.00197 e. The van der Waals surface area contributed by atoms with Crippen LogP contribution < -0.4 is 0 Å². The maximum atomic E-state index is 2.47. The lowest BCUT2D eigenvalue weighted by atomic mass is 9.81. The Bertz CT molecular complexity index is 3260. The molecule has 0 spiro atoms. The molecule has 0 aliphatic heterocycles. The zero-order chi connectivity index (χ0) is 35.6. The van der Waals surface area contributed by atoms with Gasteiger partial charge in [0.1, 0.15) is 0 Å². The lowest BCUT2D eigenvalue weighted by molar-refractivity contribution is 1.59. The Kier molecular flexibility index (Phi) is 6.97. The molecule has 0 N–H and O–H groups in total. The summed E-state index contributed by atoms with van der Waals surface area (Å²) in [6.45, 7) is 0. The zero-order valence-electron chi connectivity index (χ0n) is 29.6. The molecule has 250 valence electrons. The van der Waals surface area contributed by atoms with Crippen LogP contribution in [0.5, 0.6) is 0 Å². The molecule has 11 rings (SSSR count). The van der Waals surface area contributed by atoms with Crippen LogP contribution in [0.15, 0.2) is 206 Å². The Morgan fingerprint density at radius 2 is 0.574 bits per heavy atom. The van der Waals surface area contributed by atoms with Crippen molar-refractivity contribution in [1.29, 1.82) is 0 Å². The van der Waals surface area contributed by atoms with Gasteiger partial charge >= 0.3 is 0 Å². The van der Waals surface area contributed by atoms with Gasteiger partial charge in [0.05, 0.1) is 0 Å². The first-order valence-electron chi connectivity index (χ1n) is 18.8. The highest BCUT2D eigenvalue weighted by Gasteiger charge is 2.22. The third kappa shape index (κ3) is 4.71. The third-order valence-electron chi connectivity index (χ3n) is 11.4. The van der Waals surface area contributed by atoms with Gasteiger partial charge in [-0.15, -0.1) is 0 Å². The fraction of sp³-hybridized carbons (Fsp3) is 0. The quantitative estimate of drug-likeness (QED) is 0.128. The highest BCUT2D eigenvalue weighted by atomic mass is 14.2. The minimum Gasteiger partial charge on any atom is -0.0622 e. The van der Waals surface area contributed by atoms with Gasteiger partial charge in [0.15, 0.2) is 0 Å². The molecule has 0 heterocycles. The molecule has 0 fully saturated rings. The summed E-state index contributed by atoms with van der Waals surface area (Å²) in [5.74, 6) is 0. The highest BCUT2D eigenvalue weighted by Crippen LogP contribution is 2.49. The molecular formula is C54H34. The van der Waals surface area contributed by atoms with E-state index in [9.17, 15) is 0 Å². The average Bonchev–Trinajstić information content (AvgIpc) is 3.25. The van der Waals surface area contributed by atoms with Gasteiger partial charge in [0.25, 0.3) is 0 Å². The van der Waals surface area contributed by atoms with Crippen LogP contribution in [-0.2, 0) is 0 Å². The van der Waals surface area contributed by atoms with E-state index in [1.165, 1.54) is 109 Å². The van der Waals surface area contributed by atoms with E-state index in [1.54, 1.807) is 0 Å². The predicted octanol–water partition coefficient (Wildman–Crippen LogP) is 15.3. The molecule has 0 radical (unpaired) electrons. The van der Waals surface area contributed by atoms with Crippen molar-refractivity contribution in [2.75, 3.05) is 0 Å². The van der Waals surface area contributed by atoms with Gasteiger partial charge in [-0.05, 0) is 127 Å². The van der Waals surface area contributed by atoms with Crippen molar-refractivity contribution in [3.05, 3.63) is 206 Å². The van der Waals surface area contributed by atoms with Gasteiger partial charge in [-0.1, -0.05) is 188 Å². The molecule has 0 heteroatoms. The Labute approximate surface area is 314 Å². The normalized spacial score (nSPS) is 11.7. The summed E-state index contributed by atoms with van der Waals surface area (Å²) in [6, 6.07) is 76.2. The monoisotopic (exact) mass is 682 g/mol. The van der Waals surface area contributed by atoms with E-state index >= 15 is 0 Å². The molecule has 0 aliphatic carbocycles. The van der Waals surface area contributed by atoms with Gasteiger partial charge in [-0.25, -0.2) is 0 Å². The summed E-state index contributed by atoms with van der Waals surface area (Å²) >= 11 is 0. The Morgan fingerprint density at radius 1 is 0.185 bits per heavy atom. The van der Waals surface area contributed by atoms with Crippen LogP contribution in [0, 0.1) is 0 Å². The minimum atomic E-state index is 1.21. The first kappa shape index (κ1) is 30.6. The number of benzene rings is 11. The van der Waals surface area contributed by atoms with E-state index in [0.717, 1.165) is 0 Å². The maximum absolute atomic E-state index is 2.47. The van der Waals surface area contributed by atoms with Crippen LogP contribution in [0.2, 0.25) is 0 Å². The fourth-order valence-corrected chi connectivity index (χ4v) is 9.05. The van der Waals surface area contributed by atoms with E-state index < -0.39 is 0 Å². The van der Waals surface area contributed by atoms with Crippen LogP contribution in [-0.4, -0.2) is 0 Å². The summed E-state index contributed by atoms with van der Waals surface area (Å²) in [5, 5.41) is 15.2. The number of rotatable bonds is 4. The highest BCUT2D eigenvalue weighted by molar-refractivity contribution is 6.28. The fourth-order valence-electron chi connectivity index (χ4n) is 9.05. The van der Waals surface area contributed by atoms with Gasteiger partial charge in [0.2, 0.25) is 0 Å². The molecule has 11 aromatic rings. The van der Waals surface area contributed by atoms with E-state index in [0.29, 0.717) is 0 Å². The summed E-state index contributed by atoms with van der Waals surface area (Å²) in [5.41, 5.74) is 9.96. The van der Waals surface area contributed by atoms with Crippen LogP contribution in [0.3, 0.4) is 0 Å². The summed E-state index contributed by atoms with van der Waals surface area (Å²) in [4.78, 5) is 0. The second-order valence-corrected chi connectivity index (χ2v) is 14.3. The lowest BCUT2D eigenvalue weighted by Gasteiger charge is -2.22. The first-order valence-corrected chi connectivity index (χ1v) is 18.8. The Balaban J connectivity index is 1.33. The molecule has 0 saturated heterocycles. The van der Waals surface area contributed by atoms with Crippen molar-refractivity contribution >= 4 is 64.6 Å². The van der Waals surface area contributed by atoms with Crippen molar-refractivity contribution in [2.45, 2.75) is 0 Å². The molecule has 0 aliphatic rings. The number of hydrogen-bond acceptors (Lipinski definition) is 0. The van der Waals surface area contributed by atoms with Crippen molar-refractivity contribution in [3.63, 3.8) is 0 Å². The average molecular weight is 683 g/mol. The molecule has 0 bridgehead atoms. The van der Waals surface area contributed by atoms with Gasteiger partial charge in [-0.2, -0.15) is 0 Å². The predicted molar refractivity (Wildman–Crippen MR) is 233 cm³/mol. The van der Waals surface area contributed by atoms with Gasteiger partial charge in [-0.3, -0.25) is 0 Å². The Hall–Kier alpha value is -7.02. The topological polar surface area (TPSA) is 0 Å². The summed E-state index contributed by atoms with van der Waals surface area (Å²) in [7, 11) is 0. The molecule has 0 nitrogen and oxygen atoms in total. The second kappa shape index (κ2) is 12.3. The van der Waals surface area contributed by atoms with Crippen LogP contribution in [0.1, 0.15) is 0 Å². The summed E-state index contributed by atoms with van der Waals surface area (Å²) in [6.07, 6.45) is 0. The van der Waals surface area contributed by atoms with Crippen LogP contribution in [0.25, 0.3) is 109 Å². The van der Waals surface area contributed by atoms with Crippen LogP contribution >= 0.6 is 0 Å². The van der Waals surface area contributed by atoms with E-state index in [1.807, 2.05) is 0 Å². The van der Waals surface area contributed by atoms with Crippen molar-refractivity contribution in [1.82, 2.24) is 0 Å². The van der Waals surface area contributed by atoms with Crippen LogP contribution in [0.4, 0.5) is 0 Å². The smallest absolute Gasteiger partial charge is 0.00197 e. The van der Waals surface area contributed by atoms with Gasteiger partial charge < -0.3 is 0 Å². The lowest BCUT2D eigenvalue weighted by Crippen LogP contribution is -1.94. The van der Waals surface area contributed by atoms with Gasteiger partial charge in [0, 0.05) is 0 Å². The largest absolute Gasteiger partial charge is 0.0622 e. The molecule has 0 saturated carbocycles. The number of hydrogen-bond donors (Lipinski definition) is 0. The van der Waals surface area contributed by atoms with Crippen molar-refractivity contribution in [2.24, 2.45) is 0 Å². The second-order valence-electron chi connectivity index (χ2n) is 14.3. The minimum absolute atomic E-state index is 1.21. The summed E-state index contributed by atoms with van der Waals surface area (Å²) < 4.78 is 0. The zero-order valence-corrected chi connectivity index (χ0v) is 29.6. The molecule has 0 atom stereocenters. The van der Waals surface area contributed by atoms with E-state index in [2.05, 4.69) is 206 Å². The molecule has 0 unspecified atom stereocenters. The van der Waals surface area contributed by atoms with E-state index in [4.69, 9.17) is 0 Å². The van der Waals surface area contributed by atoms with E-state index in [-0.39, 0.29) is 0 Å². The SMILES string of the molecule is c1ccc(-c2ccccc2-c2ccc3c(-c4cc5ccccc5c5ccccc45)c4ccccc4c(-c4cc5ccccc5c5ccccc45)c3c2)cc1. The molecule has 11 aromatic carbocycles. The first-order chi connectivity index (χ1) is 26.8. The molecular weight excluding hydrogens is 649 g/mol. The van der Waals surface area contributed by atoms with Crippen molar-refractivity contribution in [3.8, 4) is 44.5 Å². The standard InChI is InChI=1S/C54H34/c1-2-16-35(17-3-1)39-20-8-9-21-40(39)38-30-31-49-52(34-38)54(51-33-37-19-5-7-23-42(37)44-25-11-13-27-46(44)51)48-29-15-14-28-47(48)53(49)50-32-36-18-4-6-22-41(36)43-24-10-12-26-45(43)50/h1-34H. The Morgan fingerprint density at radius 3 is 1.13 bits per heavy atom. The molecule has 0 amide bonds. The number of fused-ring (bicyclic) bond motifs is 8. The molecule has 54 heavy (non-hydrogen) atoms. The molecule has 0 aromatic heterocycles. The van der Waals surface area contributed by atoms with Crippen molar-refractivity contribution < 1.29 is 0 Å².